The Labute approximate surface area is 106 Å². The van der Waals surface area contributed by atoms with E-state index in [1.165, 1.54) is 11.3 Å². The van der Waals surface area contributed by atoms with Gasteiger partial charge in [-0.15, -0.1) is 0 Å². The lowest BCUT2D eigenvalue weighted by atomic mass is 10.1. The van der Waals surface area contributed by atoms with E-state index in [1.54, 1.807) is 0 Å². The van der Waals surface area contributed by atoms with E-state index in [0.29, 0.717) is 6.54 Å². The number of halogens is 1. The molecular formula is C12H20BrN3. The Bertz CT molecular complexity index is 339. The minimum absolute atomic E-state index is 0.559. The second-order valence-corrected chi connectivity index (χ2v) is 5.02. The lowest BCUT2D eigenvalue weighted by Crippen LogP contribution is -2.29. The van der Waals surface area contributed by atoms with Crippen molar-refractivity contribution in [1.29, 1.82) is 0 Å². The largest absolute Gasteiger partial charge is 0.373 e. The summed E-state index contributed by atoms with van der Waals surface area (Å²) in [6.07, 6.45) is 0. The van der Waals surface area contributed by atoms with Gasteiger partial charge in [-0.25, -0.2) is 0 Å². The second kappa shape index (κ2) is 6.23. The zero-order valence-electron chi connectivity index (χ0n) is 10.2. The fraction of sp³-hybridized carbons (Fsp3) is 0.500. The third-order valence-corrected chi connectivity index (χ3v) is 3.34. The standard InChI is InChI=1S/C12H20BrN3/c1-15(2)7-8-16(3)12-6-4-5-11(13)10(12)9-14/h4-6H,7-9,14H2,1-3H3. The maximum Gasteiger partial charge on any atom is 0.0421 e. The molecule has 0 radical (unpaired) electrons. The molecule has 16 heavy (non-hydrogen) atoms. The van der Waals surface area contributed by atoms with Crippen LogP contribution < -0.4 is 10.6 Å². The highest BCUT2D eigenvalue weighted by molar-refractivity contribution is 9.10. The van der Waals surface area contributed by atoms with Gasteiger partial charge in [0.25, 0.3) is 0 Å². The maximum absolute atomic E-state index is 5.78. The summed E-state index contributed by atoms with van der Waals surface area (Å²) in [6.45, 7) is 2.59. The van der Waals surface area contributed by atoms with Gasteiger partial charge in [0.05, 0.1) is 0 Å². The van der Waals surface area contributed by atoms with Crippen LogP contribution in [0.15, 0.2) is 22.7 Å². The van der Waals surface area contributed by atoms with Gasteiger partial charge >= 0.3 is 0 Å². The minimum atomic E-state index is 0.559. The van der Waals surface area contributed by atoms with E-state index in [9.17, 15) is 0 Å². The van der Waals surface area contributed by atoms with Crippen LogP contribution in [0.5, 0.6) is 0 Å². The molecule has 2 N–H and O–H groups in total. The number of anilines is 1. The van der Waals surface area contributed by atoms with Crippen molar-refractivity contribution in [3.05, 3.63) is 28.2 Å². The first kappa shape index (κ1) is 13.5. The van der Waals surface area contributed by atoms with E-state index < -0.39 is 0 Å². The Morgan fingerprint density at radius 2 is 1.88 bits per heavy atom. The highest BCUT2D eigenvalue weighted by atomic mass is 79.9. The molecule has 0 bridgehead atoms. The molecule has 0 saturated heterocycles. The van der Waals surface area contributed by atoms with Crippen molar-refractivity contribution in [2.45, 2.75) is 6.54 Å². The Morgan fingerprint density at radius 3 is 2.44 bits per heavy atom. The Hall–Kier alpha value is -0.580. The van der Waals surface area contributed by atoms with Crippen LogP contribution in [0.25, 0.3) is 0 Å². The number of hydrogen-bond donors (Lipinski definition) is 1. The van der Waals surface area contributed by atoms with Crippen LogP contribution in [0, 0.1) is 0 Å². The average molecular weight is 286 g/mol. The molecule has 0 aliphatic heterocycles. The molecule has 0 saturated carbocycles. The van der Waals surface area contributed by atoms with Crippen LogP contribution in [0.2, 0.25) is 0 Å². The van der Waals surface area contributed by atoms with E-state index in [4.69, 9.17) is 5.73 Å². The zero-order valence-corrected chi connectivity index (χ0v) is 11.8. The van der Waals surface area contributed by atoms with Crippen molar-refractivity contribution in [2.75, 3.05) is 39.1 Å². The van der Waals surface area contributed by atoms with Crippen molar-refractivity contribution < 1.29 is 0 Å². The summed E-state index contributed by atoms with van der Waals surface area (Å²) in [5, 5.41) is 0. The molecule has 0 heterocycles. The minimum Gasteiger partial charge on any atom is -0.373 e. The number of likely N-dealkylation sites (N-methyl/N-ethyl adjacent to an activating group) is 2. The molecule has 1 rings (SSSR count). The molecule has 0 unspecified atom stereocenters. The lowest BCUT2D eigenvalue weighted by Gasteiger charge is -2.24. The van der Waals surface area contributed by atoms with Crippen LogP contribution in [0.1, 0.15) is 5.56 Å². The third-order valence-electron chi connectivity index (χ3n) is 2.59. The van der Waals surface area contributed by atoms with Crippen LogP contribution in [-0.2, 0) is 6.54 Å². The Morgan fingerprint density at radius 1 is 1.19 bits per heavy atom. The van der Waals surface area contributed by atoms with Gasteiger partial charge in [-0.05, 0) is 26.2 Å². The van der Waals surface area contributed by atoms with Gasteiger partial charge in [0.2, 0.25) is 0 Å². The van der Waals surface area contributed by atoms with Gasteiger partial charge in [-0.1, -0.05) is 22.0 Å². The molecule has 0 spiro atoms. The molecule has 0 aliphatic rings. The molecule has 4 heteroatoms. The van der Waals surface area contributed by atoms with Gasteiger partial charge in [0.1, 0.15) is 0 Å². The van der Waals surface area contributed by atoms with E-state index in [2.05, 4.69) is 52.9 Å². The topological polar surface area (TPSA) is 32.5 Å². The van der Waals surface area contributed by atoms with Gasteiger partial charge in [-0.2, -0.15) is 0 Å². The van der Waals surface area contributed by atoms with Gasteiger partial charge < -0.3 is 15.5 Å². The highest BCUT2D eigenvalue weighted by Crippen LogP contribution is 2.26. The fourth-order valence-electron chi connectivity index (χ4n) is 1.58. The van der Waals surface area contributed by atoms with Crippen molar-refractivity contribution >= 4 is 21.6 Å². The molecule has 0 aliphatic carbocycles. The summed E-state index contributed by atoms with van der Waals surface area (Å²) in [6, 6.07) is 6.19. The summed E-state index contributed by atoms with van der Waals surface area (Å²) < 4.78 is 1.09. The molecule has 90 valence electrons. The molecule has 0 atom stereocenters. The number of benzene rings is 1. The quantitative estimate of drug-likeness (QED) is 0.897. The van der Waals surface area contributed by atoms with Crippen molar-refractivity contribution in [2.24, 2.45) is 5.73 Å². The van der Waals surface area contributed by atoms with E-state index in [-0.39, 0.29) is 0 Å². The summed E-state index contributed by atoms with van der Waals surface area (Å²) in [5.41, 5.74) is 8.16. The van der Waals surface area contributed by atoms with Gasteiger partial charge in [0, 0.05) is 42.4 Å². The zero-order chi connectivity index (χ0) is 12.1. The Balaban J connectivity index is 2.82. The summed E-state index contributed by atoms with van der Waals surface area (Å²) in [5.74, 6) is 0. The average Bonchev–Trinajstić information content (AvgIpc) is 2.25. The first-order valence-corrected chi connectivity index (χ1v) is 6.19. The molecular weight excluding hydrogens is 266 g/mol. The summed E-state index contributed by atoms with van der Waals surface area (Å²) in [7, 11) is 6.27. The number of rotatable bonds is 5. The fourth-order valence-corrected chi connectivity index (χ4v) is 2.10. The predicted molar refractivity (Wildman–Crippen MR) is 73.9 cm³/mol. The van der Waals surface area contributed by atoms with Gasteiger partial charge in [-0.3, -0.25) is 0 Å². The van der Waals surface area contributed by atoms with E-state index >= 15 is 0 Å². The normalized spacial score (nSPS) is 10.9. The number of nitrogens with zero attached hydrogens (tertiary/aromatic N) is 2. The molecule has 1 aromatic rings. The van der Waals surface area contributed by atoms with Crippen LogP contribution in [0.4, 0.5) is 5.69 Å². The first-order valence-electron chi connectivity index (χ1n) is 5.39. The molecule has 3 nitrogen and oxygen atoms in total. The number of hydrogen-bond acceptors (Lipinski definition) is 3. The summed E-state index contributed by atoms with van der Waals surface area (Å²) >= 11 is 3.54. The monoisotopic (exact) mass is 285 g/mol. The van der Waals surface area contributed by atoms with Crippen molar-refractivity contribution in [3.8, 4) is 0 Å². The molecule has 0 aromatic heterocycles. The third kappa shape index (κ3) is 3.47. The first-order chi connectivity index (χ1) is 7.56. The van der Waals surface area contributed by atoms with Crippen molar-refractivity contribution in [1.82, 2.24) is 4.90 Å². The smallest absolute Gasteiger partial charge is 0.0421 e. The Kier molecular flexibility index (Phi) is 5.25. The molecule has 1 aromatic carbocycles. The van der Waals surface area contributed by atoms with Crippen LogP contribution >= 0.6 is 15.9 Å². The molecule has 0 amide bonds. The highest BCUT2D eigenvalue weighted by Gasteiger charge is 2.09. The lowest BCUT2D eigenvalue weighted by molar-refractivity contribution is 0.416. The van der Waals surface area contributed by atoms with Crippen LogP contribution in [0.3, 0.4) is 0 Å². The maximum atomic E-state index is 5.78. The number of nitrogens with two attached hydrogens (primary N) is 1. The molecule has 0 fully saturated rings. The van der Waals surface area contributed by atoms with Crippen LogP contribution in [-0.4, -0.2) is 39.1 Å². The summed E-state index contributed by atoms with van der Waals surface area (Å²) in [4.78, 5) is 4.42. The van der Waals surface area contributed by atoms with Gasteiger partial charge in [0.15, 0.2) is 0 Å². The SMILES string of the molecule is CN(C)CCN(C)c1cccc(Br)c1CN. The second-order valence-electron chi connectivity index (χ2n) is 4.17. The van der Waals surface area contributed by atoms with E-state index in [1.807, 2.05) is 12.1 Å². The predicted octanol–water partition coefficient (Wildman–Crippen LogP) is 1.91. The van der Waals surface area contributed by atoms with Crippen molar-refractivity contribution in [3.63, 3.8) is 0 Å². The van der Waals surface area contributed by atoms with E-state index in [0.717, 1.165) is 17.6 Å².